The van der Waals surface area contributed by atoms with Crippen LogP contribution in [-0.4, -0.2) is 47.7 Å². The van der Waals surface area contributed by atoms with Crippen LogP contribution >= 0.6 is 0 Å². The monoisotopic (exact) mass is 280 g/mol. The van der Waals surface area contributed by atoms with Crippen molar-refractivity contribution in [2.75, 3.05) is 41.6 Å². The number of nitrogens with one attached hydrogen (secondary N) is 2. The predicted molar refractivity (Wildman–Crippen MR) is 76.5 cm³/mol. The largest absolute Gasteiger partial charge is 0.394 e. The summed E-state index contributed by atoms with van der Waals surface area (Å²) in [6.45, 7) is 2.75. The molecule has 20 heavy (non-hydrogen) atoms. The fourth-order valence-corrected chi connectivity index (χ4v) is 2.88. The summed E-state index contributed by atoms with van der Waals surface area (Å²) in [4.78, 5) is 10.5. The molecular weight excluding hydrogens is 260 g/mol. The third kappa shape index (κ3) is 2.01. The Hall–Kier alpha value is -1.80. The Kier molecular flexibility index (Phi) is 3.27. The highest BCUT2D eigenvalue weighted by molar-refractivity contribution is 5.82. The highest BCUT2D eigenvalue weighted by Gasteiger charge is 2.40. The lowest BCUT2D eigenvalue weighted by molar-refractivity contribution is 0.00585. The number of fused-ring (bicyclic) bond motifs is 1. The van der Waals surface area contributed by atoms with Crippen molar-refractivity contribution in [1.82, 2.24) is 9.97 Å². The number of rotatable bonds is 3. The number of nitrogens with zero attached hydrogens (tertiary/aromatic N) is 3. The molecule has 5 N–H and O–H groups in total. The fraction of sp³-hybridized carbons (Fsp3) is 0.667. The summed E-state index contributed by atoms with van der Waals surface area (Å²) < 4.78 is 5.89. The minimum atomic E-state index is -0.111. The number of aromatic nitrogens is 2. The normalized spacial score (nSPS) is 28.4. The van der Waals surface area contributed by atoms with Gasteiger partial charge in [0.05, 0.1) is 19.4 Å². The second-order valence-corrected chi connectivity index (χ2v) is 5.23. The third-order valence-corrected chi connectivity index (χ3v) is 3.81. The van der Waals surface area contributed by atoms with Crippen LogP contribution in [0.2, 0.25) is 0 Å². The molecule has 0 spiro atoms. The maximum Gasteiger partial charge on any atom is 0.224 e. The first kappa shape index (κ1) is 13.2. The third-order valence-electron chi connectivity index (χ3n) is 3.81. The first-order valence-electron chi connectivity index (χ1n) is 6.76. The summed E-state index contributed by atoms with van der Waals surface area (Å²) in [5.41, 5.74) is 6.60. The second-order valence-electron chi connectivity index (χ2n) is 5.23. The molecule has 8 nitrogen and oxygen atoms in total. The van der Waals surface area contributed by atoms with Crippen molar-refractivity contribution in [3.05, 3.63) is 0 Å². The van der Waals surface area contributed by atoms with Gasteiger partial charge >= 0.3 is 0 Å². The molecule has 8 heteroatoms. The number of anilines is 4. The van der Waals surface area contributed by atoms with Gasteiger partial charge in [0.1, 0.15) is 11.9 Å². The maximum atomic E-state index is 9.25. The summed E-state index contributed by atoms with van der Waals surface area (Å²) in [6.07, 6.45) is 0.619. The Morgan fingerprint density at radius 3 is 3.00 bits per heavy atom. The Bertz CT molecular complexity index is 511. The Labute approximate surface area is 117 Å². The summed E-state index contributed by atoms with van der Waals surface area (Å²) in [5.74, 6) is 1.97. The van der Waals surface area contributed by atoms with Crippen LogP contribution < -0.4 is 21.3 Å². The van der Waals surface area contributed by atoms with Crippen molar-refractivity contribution in [1.29, 1.82) is 0 Å². The molecule has 0 aliphatic carbocycles. The topological polar surface area (TPSA) is 109 Å². The van der Waals surface area contributed by atoms with Gasteiger partial charge in [0.2, 0.25) is 5.95 Å². The van der Waals surface area contributed by atoms with Crippen LogP contribution in [0.25, 0.3) is 0 Å². The van der Waals surface area contributed by atoms with Crippen molar-refractivity contribution in [2.24, 2.45) is 5.92 Å². The average Bonchev–Trinajstić information content (AvgIpc) is 3.00. The van der Waals surface area contributed by atoms with E-state index >= 15 is 0 Å². The van der Waals surface area contributed by atoms with Crippen molar-refractivity contribution in [3.63, 3.8) is 0 Å². The number of ether oxygens (including phenoxy) is 1. The molecule has 0 bridgehead atoms. The van der Waals surface area contributed by atoms with E-state index in [4.69, 9.17) is 10.5 Å². The molecule has 1 fully saturated rings. The van der Waals surface area contributed by atoms with Crippen LogP contribution in [0.1, 0.15) is 13.3 Å². The van der Waals surface area contributed by atoms with E-state index in [1.165, 1.54) is 0 Å². The molecule has 0 amide bonds. The van der Waals surface area contributed by atoms with Gasteiger partial charge in [-0.15, -0.1) is 0 Å². The maximum absolute atomic E-state index is 9.25. The van der Waals surface area contributed by atoms with E-state index < -0.39 is 0 Å². The number of aliphatic hydroxyl groups excluding tert-OH is 1. The van der Waals surface area contributed by atoms with E-state index in [0.717, 1.165) is 17.9 Å². The van der Waals surface area contributed by atoms with E-state index in [1.807, 2.05) is 4.90 Å². The van der Waals surface area contributed by atoms with Gasteiger partial charge in [0.15, 0.2) is 11.6 Å². The Balaban J connectivity index is 1.91. The molecule has 2 aliphatic heterocycles. The number of hydrogen-bond donors (Lipinski definition) is 4. The molecule has 1 aromatic rings. The van der Waals surface area contributed by atoms with E-state index in [2.05, 4.69) is 27.5 Å². The number of hydrogen-bond acceptors (Lipinski definition) is 8. The minimum Gasteiger partial charge on any atom is -0.394 e. The van der Waals surface area contributed by atoms with Crippen LogP contribution in [0, 0.1) is 5.92 Å². The quantitative estimate of drug-likeness (QED) is 0.614. The Morgan fingerprint density at radius 1 is 1.55 bits per heavy atom. The number of aliphatic hydroxyl groups is 1. The molecule has 3 atom stereocenters. The van der Waals surface area contributed by atoms with Crippen LogP contribution in [0.5, 0.6) is 0 Å². The minimum absolute atomic E-state index is 0.0443. The van der Waals surface area contributed by atoms with E-state index in [-0.39, 0.29) is 24.9 Å². The summed E-state index contributed by atoms with van der Waals surface area (Å²) in [6, 6.07) is 0. The fourth-order valence-electron chi connectivity index (χ4n) is 2.88. The standard InChI is InChI=1S/C12H20N6O2/c1-6-3-7(4-19)20-11(6)18-5-15-8-9(14-2)16-12(13)17-10(8)18/h6-7,11,15,19H,3-5H2,1-2H3,(H3,13,14,16,17). The smallest absolute Gasteiger partial charge is 0.224 e. The molecule has 0 aromatic carbocycles. The lowest BCUT2D eigenvalue weighted by Crippen LogP contribution is -2.39. The summed E-state index contributed by atoms with van der Waals surface area (Å²) in [5, 5.41) is 15.5. The zero-order chi connectivity index (χ0) is 14.3. The van der Waals surface area contributed by atoms with Crippen molar-refractivity contribution in [3.8, 4) is 0 Å². The molecular formula is C12H20N6O2. The first-order chi connectivity index (χ1) is 9.63. The highest BCUT2D eigenvalue weighted by Crippen LogP contribution is 2.40. The SMILES string of the molecule is CNc1nc(N)nc2c1NCN2C1OC(CO)CC1C. The van der Waals surface area contributed by atoms with E-state index in [0.29, 0.717) is 18.4 Å². The first-order valence-corrected chi connectivity index (χ1v) is 6.76. The van der Waals surface area contributed by atoms with Gasteiger partial charge in [-0.3, -0.25) is 0 Å². The van der Waals surface area contributed by atoms with Crippen LogP contribution in [0.3, 0.4) is 0 Å². The van der Waals surface area contributed by atoms with Gasteiger partial charge in [0, 0.05) is 13.0 Å². The van der Waals surface area contributed by atoms with Gasteiger partial charge in [0.25, 0.3) is 0 Å². The molecule has 110 valence electrons. The lowest BCUT2D eigenvalue weighted by Gasteiger charge is -2.27. The van der Waals surface area contributed by atoms with Crippen LogP contribution in [0.4, 0.5) is 23.3 Å². The molecule has 1 saturated heterocycles. The van der Waals surface area contributed by atoms with Crippen LogP contribution in [-0.2, 0) is 4.74 Å². The van der Waals surface area contributed by atoms with Gasteiger partial charge in [-0.1, -0.05) is 6.92 Å². The number of nitrogen functional groups attached to an aromatic ring is 1. The molecule has 3 unspecified atom stereocenters. The Morgan fingerprint density at radius 2 is 2.35 bits per heavy atom. The zero-order valence-electron chi connectivity index (χ0n) is 11.6. The molecule has 1 aromatic heterocycles. The second kappa shape index (κ2) is 4.95. The molecule has 2 aliphatic rings. The summed E-state index contributed by atoms with van der Waals surface area (Å²) >= 11 is 0. The van der Waals surface area contributed by atoms with Crippen molar-refractivity contribution < 1.29 is 9.84 Å². The van der Waals surface area contributed by atoms with Crippen LogP contribution in [0.15, 0.2) is 0 Å². The lowest BCUT2D eigenvalue weighted by atomic mass is 10.1. The summed E-state index contributed by atoms with van der Waals surface area (Å²) in [7, 11) is 1.79. The van der Waals surface area contributed by atoms with Crippen molar-refractivity contribution in [2.45, 2.75) is 25.7 Å². The van der Waals surface area contributed by atoms with Gasteiger partial charge < -0.3 is 31.1 Å². The molecule has 0 saturated carbocycles. The van der Waals surface area contributed by atoms with Gasteiger partial charge in [-0.2, -0.15) is 9.97 Å². The average molecular weight is 280 g/mol. The van der Waals surface area contributed by atoms with E-state index in [9.17, 15) is 5.11 Å². The predicted octanol–water partition coefficient (Wildman–Crippen LogP) is 0.0333. The van der Waals surface area contributed by atoms with Crippen molar-refractivity contribution >= 4 is 23.3 Å². The number of nitrogens with two attached hydrogens (primary N) is 1. The van der Waals surface area contributed by atoms with Gasteiger partial charge in [-0.25, -0.2) is 0 Å². The van der Waals surface area contributed by atoms with Gasteiger partial charge in [-0.05, 0) is 6.42 Å². The van der Waals surface area contributed by atoms with E-state index in [1.54, 1.807) is 7.05 Å². The molecule has 3 rings (SSSR count). The highest BCUT2D eigenvalue weighted by atomic mass is 16.5. The molecule has 3 heterocycles. The molecule has 0 radical (unpaired) electrons. The zero-order valence-corrected chi connectivity index (χ0v) is 11.6.